The Hall–Kier alpha value is -3.30. The second-order valence-electron chi connectivity index (χ2n) is 5.56. The number of thiophene rings is 1. The summed E-state index contributed by atoms with van der Waals surface area (Å²) in [5.74, 6) is -0.505. The molecule has 0 fully saturated rings. The highest BCUT2D eigenvalue weighted by Gasteiger charge is 2.19. The first-order valence-electron chi connectivity index (χ1n) is 8.08. The summed E-state index contributed by atoms with van der Waals surface area (Å²) in [5.41, 5.74) is 1.43. The number of methoxy groups -OCH3 is 1. The Morgan fingerprint density at radius 2 is 1.79 bits per heavy atom. The van der Waals surface area contributed by atoms with Crippen LogP contribution in [0.3, 0.4) is 0 Å². The molecule has 0 atom stereocenters. The summed E-state index contributed by atoms with van der Waals surface area (Å²) >= 11 is 6.61. The number of nitrogens with zero attached hydrogens (tertiary/aromatic N) is 1. The smallest absolute Gasteiger partial charge is 0.340 e. The van der Waals surface area contributed by atoms with Crippen LogP contribution in [-0.2, 0) is 4.74 Å². The van der Waals surface area contributed by atoms with E-state index >= 15 is 0 Å². The van der Waals surface area contributed by atoms with E-state index in [-0.39, 0.29) is 16.5 Å². The number of ether oxygens (including phenoxy) is 1. The highest BCUT2D eigenvalue weighted by atomic mass is 32.1. The van der Waals surface area contributed by atoms with Crippen molar-refractivity contribution in [2.24, 2.45) is 0 Å². The van der Waals surface area contributed by atoms with E-state index in [1.807, 2.05) is 30.3 Å². The van der Waals surface area contributed by atoms with Gasteiger partial charge in [0.2, 0.25) is 0 Å². The van der Waals surface area contributed by atoms with E-state index in [2.05, 4.69) is 10.6 Å². The fraction of sp³-hybridized carbons (Fsp3) is 0.0526. The highest BCUT2D eigenvalue weighted by molar-refractivity contribution is 7.80. The average Bonchev–Trinajstić information content (AvgIpc) is 3.12. The van der Waals surface area contributed by atoms with Crippen molar-refractivity contribution >= 4 is 51.0 Å². The van der Waals surface area contributed by atoms with Crippen LogP contribution in [0.5, 0.6) is 0 Å². The van der Waals surface area contributed by atoms with Crippen molar-refractivity contribution in [2.45, 2.75) is 0 Å². The fourth-order valence-corrected chi connectivity index (χ4v) is 3.82. The number of nitrogens with one attached hydrogen (secondary N) is 2. The van der Waals surface area contributed by atoms with Crippen molar-refractivity contribution in [1.82, 2.24) is 0 Å². The molecular weight excluding hydrogens is 398 g/mol. The molecule has 0 saturated heterocycles. The molecule has 3 aromatic rings. The molecule has 0 saturated carbocycles. The molecule has 142 valence electrons. The van der Waals surface area contributed by atoms with Gasteiger partial charge in [-0.25, -0.2) is 4.79 Å². The Labute approximate surface area is 170 Å². The zero-order chi connectivity index (χ0) is 20.1. The minimum atomic E-state index is -0.505. The van der Waals surface area contributed by atoms with Crippen molar-refractivity contribution in [2.75, 3.05) is 17.7 Å². The van der Waals surface area contributed by atoms with Crippen LogP contribution in [0.2, 0.25) is 0 Å². The maximum atomic E-state index is 12.2. The molecule has 1 aromatic heterocycles. The minimum absolute atomic E-state index is 0.101. The maximum absolute atomic E-state index is 12.2. The third-order valence-electron chi connectivity index (χ3n) is 3.77. The molecule has 0 aliphatic carbocycles. The fourth-order valence-electron chi connectivity index (χ4n) is 2.49. The molecule has 7 nitrogen and oxygen atoms in total. The molecule has 28 heavy (non-hydrogen) atoms. The number of hydrogen-bond acceptors (Lipinski definition) is 6. The Morgan fingerprint density at radius 3 is 2.46 bits per heavy atom. The van der Waals surface area contributed by atoms with Gasteiger partial charge in [0.05, 0.1) is 17.6 Å². The predicted molar refractivity (Wildman–Crippen MR) is 114 cm³/mol. The van der Waals surface area contributed by atoms with E-state index in [0.717, 1.165) is 10.4 Å². The molecule has 0 bridgehead atoms. The van der Waals surface area contributed by atoms with Crippen LogP contribution in [0.1, 0.15) is 10.4 Å². The largest absolute Gasteiger partial charge is 0.465 e. The Balaban J connectivity index is 1.87. The van der Waals surface area contributed by atoms with E-state index in [0.29, 0.717) is 10.6 Å². The first-order chi connectivity index (χ1) is 13.5. The van der Waals surface area contributed by atoms with Gasteiger partial charge in [-0.05, 0) is 29.9 Å². The number of anilines is 2. The zero-order valence-electron chi connectivity index (χ0n) is 14.7. The van der Waals surface area contributed by atoms with Gasteiger partial charge in [-0.2, -0.15) is 0 Å². The van der Waals surface area contributed by atoms with Crippen molar-refractivity contribution in [3.05, 3.63) is 76.3 Å². The normalized spacial score (nSPS) is 10.2. The van der Waals surface area contributed by atoms with Crippen LogP contribution in [0.4, 0.5) is 16.4 Å². The van der Waals surface area contributed by atoms with Crippen molar-refractivity contribution in [1.29, 1.82) is 0 Å². The summed E-state index contributed by atoms with van der Waals surface area (Å²) in [6.07, 6.45) is 0. The lowest BCUT2D eigenvalue weighted by Gasteiger charge is -2.10. The molecule has 0 unspecified atom stereocenters. The van der Waals surface area contributed by atoms with Crippen molar-refractivity contribution in [3.63, 3.8) is 0 Å². The summed E-state index contributed by atoms with van der Waals surface area (Å²) in [4.78, 5) is 23.7. The minimum Gasteiger partial charge on any atom is -0.465 e. The summed E-state index contributed by atoms with van der Waals surface area (Å²) in [5, 5.41) is 17.5. The lowest BCUT2D eigenvalue weighted by molar-refractivity contribution is -0.383. The molecule has 0 aliphatic rings. The Morgan fingerprint density at radius 1 is 1.11 bits per heavy atom. The number of carbonyl (C=O) groups is 1. The van der Waals surface area contributed by atoms with Gasteiger partial charge >= 0.3 is 5.97 Å². The maximum Gasteiger partial charge on any atom is 0.340 e. The second-order valence-corrected chi connectivity index (χ2v) is 7.02. The predicted octanol–water partition coefficient (Wildman–Crippen LogP) is 4.92. The monoisotopic (exact) mass is 413 g/mol. The Kier molecular flexibility index (Phi) is 5.97. The van der Waals surface area contributed by atoms with E-state index in [9.17, 15) is 14.9 Å². The number of thiocarbonyl (C=S) groups is 1. The lowest BCUT2D eigenvalue weighted by Crippen LogP contribution is -2.20. The van der Waals surface area contributed by atoms with Crippen LogP contribution in [0.15, 0.2) is 60.7 Å². The number of benzene rings is 2. The first-order valence-corrected chi connectivity index (χ1v) is 9.31. The Bertz CT molecular complexity index is 1030. The van der Waals surface area contributed by atoms with Crippen LogP contribution >= 0.6 is 23.6 Å². The molecule has 2 N–H and O–H groups in total. The zero-order valence-corrected chi connectivity index (χ0v) is 16.3. The number of carbonyl (C=O) groups excluding carboxylic acids is 1. The van der Waals surface area contributed by atoms with Gasteiger partial charge in [-0.3, -0.25) is 10.1 Å². The average molecular weight is 413 g/mol. The van der Waals surface area contributed by atoms with Crippen LogP contribution in [0, 0.1) is 10.1 Å². The SMILES string of the molecule is COC(=O)c1cc(-c2ccccc2)sc1NC(=S)Nc1ccccc1[N+](=O)[O-]. The van der Waals surface area contributed by atoms with Crippen LogP contribution < -0.4 is 10.6 Å². The third-order valence-corrected chi connectivity index (χ3v) is 5.08. The van der Waals surface area contributed by atoms with Crippen LogP contribution in [-0.4, -0.2) is 23.1 Å². The van der Waals surface area contributed by atoms with Gasteiger partial charge in [-0.15, -0.1) is 11.3 Å². The van der Waals surface area contributed by atoms with Gasteiger partial charge < -0.3 is 15.4 Å². The quantitative estimate of drug-likeness (QED) is 0.265. The molecule has 0 spiro atoms. The van der Waals surface area contributed by atoms with Crippen molar-refractivity contribution < 1.29 is 14.5 Å². The highest BCUT2D eigenvalue weighted by Crippen LogP contribution is 2.36. The summed E-state index contributed by atoms with van der Waals surface area (Å²) in [6, 6.07) is 17.5. The molecular formula is C19H15N3O4S2. The van der Waals surface area contributed by atoms with E-state index in [1.165, 1.54) is 24.5 Å². The lowest BCUT2D eigenvalue weighted by atomic mass is 10.1. The second kappa shape index (κ2) is 8.59. The molecule has 0 amide bonds. The van der Waals surface area contributed by atoms with Gasteiger partial charge in [0.25, 0.3) is 5.69 Å². The number of hydrogen-bond donors (Lipinski definition) is 2. The summed E-state index contributed by atoms with van der Waals surface area (Å²) in [6.45, 7) is 0. The third kappa shape index (κ3) is 4.33. The van der Waals surface area contributed by atoms with E-state index in [1.54, 1.807) is 24.3 Å². The molecule has 1 heterocycles. The molecule has 2 aromatic carbocycles. The number of para-hydroxylation sites is 2. The summed E-state index contributed by atoms with van der Waals surface area (Å²) < 4.78 is 4.85. The van der Waals surface area contributed by atoms with Gasteiger partial charge in [0.15, 0.2) is 5.11 Å². The standard InChI is InChI=1S/C19H15N3O4S2/c1-26-18(23)13-11-16(12-7-3-2-4-8-12)28-17(13)21-19(27)20-14-9-5-6-10-15(14)22(24)25/h2-11H,1H3,(H2,20,21,27). The molecule has 0 radical (unpaired) electrons. The van der Waals surface area contributed by atoms with Crippen LogP contribution in [0.25, 0.3) is 10.4 Å². The van der Waals surface area contributed by atoms with Gasteiger partial charge in [0, 0.05) is 10.9 Å². The molecule has 9 heteroatoms. The number of esters is 1. The number of rotatable bonds is 5. The van der Waals surface area contributed by atoms with E-state index in [4.69, 9.17) is 17.0 Å². The van der Waals surface area contributed by atoms with E-state index < -0.39 is 10.9 Å². The molecule has 3 rings (SSSR count). The van der Waals surface area contributed by atoms with Gasteiger partial charge in [-0.1, -0.05) is 42.5 Å². The number of nitro groups is 1. The summed E-state index contributed by atoms with van der Waals surface area (Å²) in [7, 11) is 1.30. The number of nitro benzene ring substituents is 1. The van der Waals surface area contributed by atoms with Crippen molar-refractivity contribution in [3.8, 4) is 10.4 Å². The molecule has 0 aliphatic heterocycles. The first kappa shape index (κ1) is 19.5. The topological polar surface area (TPSA) is 93.5 Å². The van der Waals surface area contributed by atoms with Gasteiger partial charge in [0.1, 0.15) is 10.7 Å².